The smallest absolute Gasteiger partial charge is 0.243 e. The second kappa shape index (κ2) is 14.4. The van der Waals surface area contributed by atoms with Gasteiger partial charge in [0.1, 0.15) is 5.92 Å². The predicted molar refractivity (Wildman–Crippen MR) is 154 cm³/mol. The van der Waals surface area contributed by atoms with E-state index in [9.17, 15) is 19.2 Å². The fourth-order valence-electron chi connectivity index (χ4n) is 4.30. The van der Waals surface area contributed by atoms with Crippen LogP contribution in [0.15, 0.2) is 24.3 Å². The normalized spacial score (nSPS) is 14.2. The molecule has 2 unspecified atom stereocenters. The predicted octanol–water partition coefficient (Wildman–Crippen LogP) is 4.76. The maximum Gasteiger partial charge on any atom is 0.243 e. The van der Waals surface area contributed by atoms with E-state index < -0.39 is 11.8 Å². The number of anilines is 1. The van der Waals surface area contributed by atoms with Crippen molar-refractivity contribution in [2.45, 2.75) is 93.9 Å². The number of benzene rings is 1. The van der Waals surface area contributed by atoms with Crippen LogP contribution in [-0.2, 0) is 19.2 Å². The first-order valence-corrected chi connectivity index (χ1v) is 13.8. The molecule has 1 aromatic rings. The Morgan fingerprint density at radius 3 is 1.72 bits per heavy atom. The monoisotopic (exact) mass is 546 g/mol. The van der Waals surface area contributed by atoms with Crippen molar-refractivity contribution in [3.63, 3.8) is 0 Å². The van der Waals surface area contributed by atoms with E-state index in [0.717, 1.165) is 6.42 Å². The molecule has 0 aliphatic rings. The van der Waals surface area contributed by atoms with Crippen molar-refractivity contribution >= 4 is 29.3 Å². The summed E-state index contributed by atoms with van der Waals surface area (Å²) in [6.07, 6.45) is 1.85. The van der Waals surface area contributed by atoms with Gasteiger partial charge in [0.05, 0.1) is 0 Å². The van der Waals surface area contributed by atoms with Crippen LogP contribution in [-0.4, -0.2) is 41.9 Å². The van der Waals surface area contributed by atoms with Crippen molar-refractivity contribution in [1.82, 2.24) is 16.1 Å². The largest absolute Gasteiger partial charge is 0.355 e. The van der Waals surface area contributed by atoms with Gasteiger partial charge in [-0.05, 0) is 46.3 Å². The Morgan fingerprint density at radius 1 is 0.821 bits per heavy atom. The van der Waals surface area contributed by atoms with Crippen LogP contribution in [0.2, 0.25) is 0 Å². The zero-order valence-corrected chi connectivity index (χ0v) is 25.3. The molecule has 0 spiro atoms. The van der Waals surface area contributed by atoms with Crippen LogP contribution in [0.25, 0.3) is 0 Å². The fourth-order valence-corrected chi connectivity index (χ4v) is 4.30. The summed E-state index contributed by atoms with van der Waals surface area (Å²) in [4.78, 5) is 50.6. The Hall–Kier alpha value is -2.94. The summed E-state index contributed by atoms with van der Waals surface area (Å²) in [7, 11) is 0. The van der Waals surface area contributed by atoms with Crippen molar-refractivity contribution in [3.8, 4) is 0 Å². The zero-order valence-electron chi connectivity index (χ0n) is 25.3. The molecule has 4 amide bonds. The minimum Gasteiger partial charge on any atom is -0.355 e. The lowest BCUT2D eigenvalue weighted by Crippen LogP contribution is -2.44. The molecule has 0 aliphatic heterocycles. The number of hydroxylamine groups is 1. The van der Waals surface area contributed by atoms with Crippen LogP contribution in [0.4, 0.5) is 5.69 Å². The molecule has 1 aromatic carbocycles. The third-order valence-electron chi connectivity index (χ3n) is 6.58. The third-order valence-corrected chi connectivity index (χ3v) is 6.58. The highest BCUT2D eigenvalue weighted by molar-refractivity contribution is 6.05. The highest BCUT2D eigenvalue weighted by Gasteiger charge is 2.31. The summed E-state index contributed by atoms with van der Waals surface area (Å²) in [5.74, 6) is -2.34. The van der Waals surface area contributed by atoms with E-state index >= 15 is 0 Å². The topological polar surface area (TPSA) is 137 Å². The quantitative estimate of drug-likeness (QED) is 0.138. The van der Waals surface area contributed by atoms with Gasteiger partial charge in [-0.25, -0.2) is 5.48 Å². The van der Waals surface area contributed by atoms with Crippen LogP contribution in [0.5, 0.6) is 0 Å². The Balaban J connectivity index is 2.98. The fraction of sp³-hybridized carbons (Fsp3) is 0.667. The number of hydrogen-bond donors (Lipinski definition) is 5. The molecule has 0 aliphatic carbocycles. The molecule has 1 rings (SSSR count). The number of hydrogen-bond acceptors (Lipinski definition) is 5. The molecule has 0 saturated heterocycles. The first-order valence-electron chi connectivity index (χ1n) is 13.8. The van der Waals surface area contributed by atoms with Crippen molar-refractivity contribution in [3.05, 3.63) is 29.8 Å². The van der Waals surface area contributed by atoms with Crippen LogP contribution in [0.3, 0.4) is 0 Å². The van der Waals surface area contributed by atoms with E-state index in [2.05, 4.69) is 16.0 Å². The highest BCUT2D eigenvalue weighted by atomic mass is 16.5. The molecule has 5 N–H and O–H groups in total. The minimum atomic E-state index is -1.01. The molecule has 0 heterocycles. The van der Waals surface area contributed by atoms with Gasteiger partial charge in [-0.1, -0.05) is 80.9 Å². The van der Waals surface area contributed by atoms with Gasteiger partial charge >= 0.3 is 0 Å². The van der Waals surface area contributed by atoms with E-state index in [1.54, 1.807) is 29.7 Å². The molecular formula is C30H50N4O5. The van der Waals surface area contributed by atoms with Gasteiger partial charge in [-0.2, -0.15) is 0 Å². The van der Waals surface area contributed by atoms with E-state index in [1.165, 1.54) is 0 Å². The SMILES string of the molecule is CCC(C)(CC(=O)Nc1ccc(C(C(=O)NCC(C)(C)C)C(=O)NCC(C)(C)C)cc1)CC(C)CC(=O)NO. The molecule has 0 aromatic heterocycles. The van der Waals surface area contributed by atoms with Crippen LogP contribution < -0.4 is 21.4 Å². The number of carbonyl (C=O) groups excluding carboxylic acids is 4. The lowest BCUT2D eigenvalue weighted by Gasteiger charge is -2.30. The van der Waals surface area contributed by atoms with Gasteiger partial charge in [0.25, 0.3) is 0 Å². The number of nitrogens with one attached hydrogen (secondary N) is 4. The second-order valence-electron chi connectivity index (χ2n) is 13.5. The van der Waals surface area contributed by atoms with Crippen molar-refractivity contribution in [2.75, 3.05) is 18.4 Å². The molecule has 0 radical (unpaired) electrons. The zero-order chi connectivity index (χ0) is 30.0. The maximum absolute atomic E-state index is 13.1. The van der Waals surface area contributed by atoms with Gasteiger partial charge < -0.3 is 16.0 Å². The first-order chi connectivity index (χ1) is 17.9. The molecule has 2 atom stereocenters. The Kier molecular flexibility index (Phi) is 12.6. The van der Waals surface area contributed by atoms with E-state index in [0.29, 0.717) is 30.8 Å². The van der Waals surface area contributed by atoms with Gasteiger partial charge in [-0.15, -0.1) is 0 Å². The highest BCUT2D eigenvalue weighted by Crippen LogP contribution is 2.35. The molecule has 0 saturated carbocycles. The van der Waals surface area contributed by atoms with Gasteiger partial charge in [0.15, 0.2) is 0 Å². The number of rotatable bonds is 13. The average Bonchev–Trinajstić information content (AvgIpc) is 2.81. The van der Waals surface area contributed by atoms with Crippen molar-refractivity contribution < 1.29 is 24.4 Å². The Bertz CT molecular complexity index is 949. The average molecular weight is 547 g/mol. The Labute approximate surface area is 234 Å². The number of carbonyl (C=O) groups is 4. The summed E-state index contributed by atoms with van der Waals surface area (Å²) < 4.78 is 0. The maximum atomic E-state index is 13.1. The van der Waals surface area contributed by atoms with E-state index in [4.69, 9.17) is 5.21 Å². The molecule has 9 nitrogen and oxygen atoms in total. The van der Waals surface area contributed by atoms with E-state index in [-0.39, 0.29) is 52.7 Å². The standard InChI is InChI=1S/C30H50N4O5/c1-10-30(9,16-20(2)15-23(35)34-39)17-24(36)33-22-13-11-21(12-14-22)25(26(37)31-18-28(3,4)5)27(38)32-19-29(6,7)8/h11-14,20,25,39H,10,15-19H2,1-9H3,(H,31,37)(H,32,38)(H,33,36)(H,34,35). The molecule has 9 heteroatoms. The lowest BCUT2D eigenvalue weighted by molar-refractivity contribution is -0.132. The van der Waals surface area contributed by atoms with Gasteiger partial charge in [0.2, 0.25) is 23.6 Å². The number of amides is 4. The summed E-state index contributed by atoms with van der Waals surface area (Å²) >= 11 is 0. The van der Waals surface area contributed by atoms with E-state index in [1.807, 2.05) is 62.3 Å². The summed E-state index contributed by atoms with van der Waals surface area (Å²) in [5, 5.41) is 17.5. The summed E-state index contributed by atoms with van der Waals surface area (Å²) in [5.41, 5.74) is 2.18. The summed E-state index contributed by atoms with van der Waals surface area (Å²) in [6, 6.07) is 6.79. The minimum absolute atomic E-state index is 0.0000220. The third kappa shape index (κ3) is 13.1. The Morgan fingerprint density at radius 2 is 1.31 bits per heavy atom. The van der Waals surface area contributed by atoms with Gasteiger partial charge in [0, 0.05) is 31.6 Å². The first kappa shape index (κ1) is 34.1. The summed E-state index contributed by atoms with van der Waals surface area (Å²) in [6.45, 7) is 18.9. The van der Waals surface area contributed by atoms with Crippen LogP contribution in [0.1, 0.15) is 99.5 Å². The van der Waals surface area contributed by atoms with Gasteiger partial charge in [-0.3, -0.25) is 24.4 Å². The van der Waals surface area contributed by atoms with Crippen molar-refractivity contribution in [2.24, 2.45) is 22.2 Å². The molecule has 0 bridgehead atoms. The molecule has 0 fully saturated rings. The second-order valence-corrected chi connectivity index (χ2v) is 13.5. The molecule has 39 heavy (non-hydrogen) atoms. The lowest BCUT2D eigenvalue weighted by atomic mass is 9.75. The van der Waals surface area contributed by atoms with Crippen LogP contribution >= 0.6 is 0 Å². The van der Waals surface area contributed by atoms with Crippen molar-refractivity contribution in [1.29, 1.82) is 0 Å². The molecular weight excluding hydrogens is 496 g/mol. The molecule has 220 valence electrons. The van der Waals surface area contributed by atoms with Crippen LogP contribution in [0, 0.1) is 22.2 Å².